The summed E-state index contributed by atoms with van der Waals surface area (Å²) in [7, 11) is -3.58. The molecule has 0 aliphatic carbocycles. The molecule has 0 saturated heterocycles. The topological polar surface area (TPSA) is 66.4 Å². The molecule has 0 aliphatic heterocycles. The maximum atomic E-state index is 12.2. The zero-order valence-electron chi connectivity index (χ0n) is 12.3. The number of nitrogens with one attached hydrogen (secondary N) is 1. The van der Waals surface area contributed by atoms with Crippen LogP contribution in [-0.4, -0.2) is 20.1 Å². The van der Waals surface area contributed by atoms with Gasteiger partial charge < -0.3 is 5.11 Å². The van der Waals surface area contributed by atoms with Crippen LogP contribution < -0.4 is 4.72 Å². The van der Waals surface area contributed by atoms with Gasteiger partial charge in [-0.25, -0.2) is 13.1 Å². The van der Waals surface area contributed by atoms with Crippen molar-refractivity contribution in [1.82, 2.24) is 4.72 Å². The molecule has 0 aromatic heterocycles. The fourth-order valence-electron chi connectivity index (χ4n) is 1.45. The van der Waals surface area contributed by atoms with Crippen LogP contribution in [0.5, 0.6) is 0 Å². The molecular weight excluding hydrogens is 298 g/mol. The molecule has 20 heavy (non-hydrogen) atoms. The molecule has 0 bridgehead atoms. The monoisotopic (exact) mass is 319 g/mol. The van der Waals surface area contributed by atoms with Gasteiger partial charge in [0, 0.05) is 11.6 Å². The number of hydrogen-bond acceptors (Lipinski definition) is 3. The van der Waals surface area contributed by atoms with E-state index < -0.39 is 10.0 Å². The Morgan fingerprint density at radius 1 is 1.35 bits per heavy atom. The van der Waals surface area contributed by atoms with E-state index in [1.54, 1.807) is 0 Å². The van der Waals surface area contributed by atoms with Crippen molar-refractivity contribution in [1.29, 1.82) is 0 Å². The zero-order chi connectivity index (χ0) is 15.6. The van der Waals surface area contributed by atoms with Gasteiger partial charge in [0.15, 0.2) is 0 Å². The summed E-state index contributed by atoms with van der Waals surface area (Å²) in [5.41, 5.74) is 0.537. The lowest BCUT2D eigenvalue weighted by molar-refractivity contribution is 0.263. The largest absolute Gasteiger partial charge is 0.392 e. The van der Waals surface area contributed by atoms with Gasteiger partial charge in [-0.05, 0) is 29.0 Å². The van der Waals surface area contributed by atoms with Crippen LogP contribution in [-0.2, 0) is 16.6 Å². The Hall–Kier alpha value is -0.620. The second-order valence-corrected chi connectivity index (χ2v) is 8.20. The second-order valence-electron chi connectivity index (χ2n) is 6.03. The van der Waals surface area contributed by atoms with E-state index in [1.165, 1.54) is 18.2 Å². The maximum Gasteiger partial charge on any atom is 0.240 e. The Kier molecular flexibility index (Phi) is 5.61. The van der Waals surface area contributed by atoms with E-state index in [0.29, 0.717) is 12.1 Å². The summed E-state index contributed by atoms with van der Waals surface area (Å²) in [4.78, 5) is 0.112. The molecular formula is C14H22ClNO3S. The molecule has 0 heterocycles. The molecule has 1 unspecified atom stereocenters. The van der Waals surface area contributed by atoms with E-state index in [9.17, 15) is 8.42 Å². The first-order valence-corrected chi connectivity index (χ1v) is 8.33. The molecule has 1 aromatic carbocycles. The van der Waals surface area contributed by atoms with Gasteiger partial charge in [0.2, 0.25) is 10.0 Å². The highest BCUT2D eigenvalue weighted by Gasteiger charge is 2.23. The zero-order valence-corrected chi connectivity index (χ0v) is 13.8. The van der Waals surface area contributed by atoms with Gasteiger partial charge in [-0.2, -0.15) is 0 Å². The molecule has 0 aliphatic rings. The number of rotatable bonds is 5. The van der Waals surface area contributed by atoms with Crippen molar-refractivity contribution in [3.63, 3.8) is 0 Å². The van der Waals surface area contributed by atoms with Gasteiger partial charge in [-0.1, -0.05) is 45.4 Å². The second kappa shape index (κ2) is 6.43. The molecule has 6 heteroatoms. The smallest absolute Gasteiger partial charge is 0.240 e. The van der Waals surface area contributed by atoms with Crippen LogP contribution in [0.3, 0.4) is 0 Å². The maximum absolute atomic E-state index is 12.2. The van der Waals surface area contributed by atoms with Crippen LogP contribution >= 0.6 is 11.6 Å². The van der Waals surface area contributed by atoms with Gasteiger partial charge in [0.05, 0.1) is 11.5 Å². The summed E-state index contributed by atoms with van der Waals surface area (Å²) in [6.45, 7) is 8.36. The predicted molar refractivity (Wildman–Crippen MR) is 81.2 cm³/mol. The summed E-state index contributed by atoms with van der Waals surface area (Å²) in [6, 6.07) is 4.32. The van der Waals surface area contributed by atoms with Gasteiger partial charge in [0.1, 0.15) is 0 Å². The Labute approximate surface area is 126 Å². The van der Waals surface area contributed by atoms with Crippen molar-refractivity contribution >= 4 is 21.6 Å². The lowest BCUT2D eigenvalue weighted by Crippen LogP contribution is -2.33. The number of aliphatic hydroxyl groups excluding tert-OH is 1. The molecule has 1 atom stereocenters. The van der Waals surface area contributed by atoms with Crippen molar-refractivity contribution in [3.05, 3.63) is 28.8 Å². The Bertz CT molecular complexity index is 564. The first-order valence-electron chi connectivity index (χ1n) is 6.47. The molecule has 0 fully saturated rings. The van der Waals surface area contributed by atoms with Crippen LogP contribution in [0.1, 0.15) is 33.3 Å². The van der Waals surface area contributed by atoms with Crippen molar-refractivity contribution in [2.45, 2.75) is 39.2 Å². The minimum Gasteiger partial charge on any atom is -0.392 e. The summed E-state index contributed by atoms with van der Waals surface area (Å²) in [6.07, 6.45) is 0. The van der Waals surface area contributed by atoms with Gasteiger partial charge >= 0.3 is 0 Å². The van der Waals surface area contributed by atoms with Gasteiger partial charge in [-0.15, -0.1) is 0 Å². The Morgan fingerprint density at radius 3 is 2.40 bits per heavy atom. The van der Waals surface area contributed by atoms with Crippen molar-refractivity contribution in [2.75, 3.05) is 6.54 Å². The molecule has 2 N–H and O–H groups in total. The molecule has 1 rings (SSSR count). The third-order valence-corrected chi connectivity index (χ3v) is 5.34. The Morgan fingerprint density at radius 2 is 1.95 bits per heavy atom. The number of sulfonamides is 1. The highest BCUT2D eigenvalue weighted by Crippen LogP contribution is 2.25. The molecule has 0 radical (unpaired) electrons. The molecule has 1 aromatic rings. The van der Waals surface area contributed by atoms with Gasteiger partial charge in [0.25, 0.3) is 0 Å². The van der Waals surface area contributed by atoms with Crippen LogP contribution in [0.4, 0.5) is 0 Å². The van der Waals surface area contributed by atoms with Crippen molar-refractivity contribution in [2.24, 2.45) is 11.3 Å². The first-order chi connectivity index (χ1) is 9.08. The van der Waals surface area contributed by atoms with E-state index in [4.69, 9.17) is 16.7 Å². The van der Waals surface area contributed by atoms with E-state index in [-0.39, 0.29) is 27.9 Å². The summed E-state index contributed by atoms with van der Waals surface area (Å²) < 4.78 is 27.0. The number of aliphatic hydroxyl groups is 1. The van der Waals surface area contributed by atoms with Crippen molar-refractivity contribution in [3.8, 4) is 0 Å². The average Bonchev–Trinajstić information content (AvgIpc) is 2.34. The van der Waals surface area contributed by atoms with E-state index in [0.717, 1.165) is 0 Å². The summed E-state index contributed by atoms with van der Waals surface area (Å²) in [5, 5.41) is 9.28. The molecule has 114 valence electrons. The van der Waals surface area contributed by atoms with E-state index >= 15 is 0 Å². The lowest BCUT2D eigenvalue weighted by Gasteiger charge is -2.27. The van der Waals surface area contributed by atoms with Crippen LogP contribution in [0.25, 0.3) is 0 Å². The van der Waals surface area contributed by atoms with E-state index in [2.05, 4.69) is 25.5 Å². The van der Waals surface area contributed by atoms with E-state index in [1.807, 2.05) is 6.92 Å². The third kappa shape index (κ3) is 4.45. The number of halogens is 1. The summed E-state index contributed by atoms with van der Waals surface area (Å²) in [5.74, 6) is 0.199. The minimum atomic E-state index is -3.58. The Balaban J connectivity index is 2.87. The van der Waals surface area contributed by atoms with Crippen LogP contribution in [0.2, 0.25) is 5.02 Å². The van der Waals surface area contributed by atoms with Crippen LogP contribution in [0, 0.1) is 11.3 Å². The quantitative estimate of drug-likeness (QED) is 0.877. The minimum absolute atomic E-state index is 0.0287. The molecule has 4 nitrogen and oxygen atoms in total. The third-order valence-electron chi connectivity index (χ3n) is 3.56. The number of hydrogen-bond donors (Lipinski definition) is 2. The molecule has 0 spiro atoms. The first kappa shape index (κ1) is 17.4. The number of benzene rings is 1. The van der Waals surface area contributed by atoms with Gasteiger partial charge in [-0.3, -0.25) is 0 Å². The fourth-order valence-corrected chi connectivity index (χ4v) is 2.91. The summed E-state index contributed by atoms with van der Waals surface area (Å²) >= 11 is 5.92. The van der Waals surface area contributed by atoms with Crippen LogP contribution in [0.15, 0.2) is 23.1 Å². The highest BCUT2D eigenvalue weighted by molar-refractivity contribution is 7.89. The molecule has 0 amide bonds. The predicted octanol–water partition coefficient (Wildman–Crippen LogP) is 2.79. The van der Waals surface area contributed by atoms with Crippen molar-refractivity contribution < 1.29 is 13.5 Å². The highest BCUT2D eigenvalue weighted by atomic mass is 35.5. The normalized spacial score (nSPS) is 14.3. The standard InChI is InChI=1S/C14H22ClNO3S/c1-10(14(2,3)4)8-16-20(18,19)12-6-5-11(9-17)13(15)7-12/h5-7,10,16-17H,8-9H2,1-4H3. The molecule has 0 saturated carbocycles. The lowest BCUT2D eigenvalue weighted by atomic mass is 9.82. The fraction of sp³-hybridized carbons (Fsp3) is 0.571. The average molecular weight is 320 g/mol. The SMILES string of the molecule is CC(CNS(=O)(=O)c1ccc(CO)c(Cl)c1)C(C)(C)C.